The van der Waals surface area contributed by atoms with Gasteiger partial charge in [-0.25, -0.2) is 0 Å². The molecule has 0 aliphatic carbocycles. The van der Waals surface area contributed by atoms with Crippen LogP contribution < -0.4 is 15.0 Å². The molecule has 9 heteroatoms. The summed E-state index contributed by atoms with van der Waals surface area (Å²) in [6.45, 7) is 3.09. The minimum Gasteiger partial charge on any atom is -0.497 e. The number of aromatic nitrogens is 3. The van der Waals surface area contributed by atoms with E-state index < -0.39 is 0 Å². The van der Waals surface area contributed by atoms with Crippen molar-refractivity contribution in [2.24, 2.45) is 0 Å². The third-order valence-corrected chi connectivity index (χ3v) is 6.17. The number of rotatable bonds is 10. The number of anilines is 1. The maximum Gasteiger partial charge on any atom is 0.230 e. The van der Waals surface area contributed by atoms with E-state index in [1.165, 1.54) is 11.8 Å². The lowest BCUT2D eigenvalue weighted by Gasteiger charge is -2.17. The van der Waals surface area contributed by atoms with E-state index in [1.807, 2.05) is 41.0 Å². The van der Waals surface area contributed by atoms with Gasteiger partial charge in [-0.2, -0.15) is 0 Å². The molecule has 1 saturated heterocycles. The summed E-state index contributed by atoms with van der Waals surface area (Å²) >= 11 is 1.40. The Hall–Kier alpha value is -2.94. The van der Waals surface area contributed by atoms with Crippen molar-refractivity contribution in [3.8, 4) is 5.75 Å². The van der Waals surface area contributed by atoms with Crippen molar-refractivity contribution in [2.45, 2.75) is 31.0 Å². The monoisotopic (exact) mass is 441 g/mol. The van der Waals surface area contributed by atoms with Crippen LogP contribution in [0.4, 0.5) is 5.95 Å². The summed E-state index contributed by atoms with van der Waals surface area (Å²) in [6.07, 6.45) is 4.76. The van der Waals surface area contributed by atoms with E-state index in [0.29, 0.717) is 18.8 Å². The topological polar surface area (TPSA) is 85.4 Å². The normalized spacial score (nSPS) is 13.5. The molecule has 4 rings (SSSR count). The molecule has 0 atom stereocenters. The second-order valence-electron chi connectivity index (χ2n) is 7.38. The fourth-order valence-electron chi connectivity index (χ4n) is 3.56. The van der Waals surface area contributed by atoms with Crippen molar-refractivity contribution >= 4 is 23.6 Å². The molecule has 1 aliphatic heterocycles. The largest absolute Gasteiger partial charge is 0.497 e. The van der Waals surface area contributed by atoms with Crippen LogP contribution in [-0.2, 0) is 17.8 Å². The van der Waals surface area contributed by atoms with Gasteiger partial charge in [-0.15, -0.1) is 10.2 Å². The molecule has 3 aromatic rings. The van der Waals surface area contributed by atoms with Crippen molar-refractivity contribution in [3.05, 3.63) is 54.0 Å². The highest BCUT2D eigenvalue weighted by Gasteiger charge is 2.22. The molecular weight excluding hydrogens is 414 g/mol. The van der Waals surface area contributed by atoms with Gasteiger partial charge in [0.15, 0.2) is 5.16 Å². The third kappa shape index (κ3) is 5.61. The van der Waals surface area contributed by atoms with Gasteiger partial charge in [0.05, 0.1) is 25.7 Å². The van der Waals surface area contributed by atoms with Crippen LogP contribution in [0, 0.1) is 0 Å². The summed E-state index contributed by atoms with van der Waals surface area (Å²) in [7, 11) is 1.65. The van der Waals surface area contributed by atoms with Crippen LogP contribution >= 0.6 is 11.8 Å². The number of hydrogen-bond acceptors (Lipinski definition) is 7. The molecule has 8 nitrogen and oxygen atoms in total. The van der Waals surface area contributed by atoms with Gasteiger partial charge < -0.3 is 19.4 Å². The Morgan fingerprint density at radius 3 is 2.71 bits per heavy atom. The van der Waals surface area contributed by atoms with Crippen molar-refractivity contribution in [3.63, 3.8) is 0 Å². The minimum absolute atomic E-state index is 0.0196. The Bertz CT molecular complexity index is 966. The van der Waals surface area contributed by atoms with E-state index in [0.717, 1.165) is 60.5 Å². The zero-order chi connectivity index (χ0) is 21.5. The second-order valence-corrected chi connectivity index (χ2v) is 8.32. The molecule has 3 heterocycles. The van der Waals surface area contributed by atoms with Gasteiger partial charge in [0, 0.05) is 19.6 Å². The highest BCUT2D eigenvalue weighted by molar-refractivity contribution is 7.99. The molecule has 1 amide bonds. The van der Waals surface area contributed by atoms with E-state index in [9.17, 15) is 4.79 Å². The van der Waals surface area contributed by atoms with Gasteiger partial charge in [0.2, 0.25) is 11.9 Å². The Morgan fingerprint density at radius 2 is 2.00 bits per heavy atom. The summed E-state index contributed by atoms with van der Waals surface area (Å²) in [5, 5.41) is 12.5. The summed E-state index contributed by atoms with van der Waals surface area (Å²) < 4.78 is 12.7. The molecule has 164 valence electrons. The number of amides is 1. The van der Waals surface area contributed by atoms with E-state index >= 15 is 0 Å². The Morgan fingerprint density at radius 1 is 1.19 bits per heavy atom. The quantitative estimate of drug-likeness (QED) is 0.484. The first-order chi connectivity index (χ1) is 15.2. The van der Waals surface area contributed by atoms with Crippen LogP contribution in [0.15, 0.2) is 52.2 Å². The number of benzene rings is 1. The van der Waals surface area contributed by atoms with E-state index in [2.05, 4.69) is 20.4 Å². The van der Waals surface area contributed by atoms with Gasteiger partial charge >= 0.3 is 0 Å². The molecule has 0 unspecified atom stereocenters. The lowest BCUT2D eigenvalue weighted by Crippen LogP contribution is -2.27. The van der Waals surface area contributed by atoms with Crippen molar-refractivity contribution in [1.82, 2.24) is 20.1 Å². The molecule has 0 bridgehead atoms. The fraction of sp³-hybridized carbons (Fsp3) is 0.409. The molecule has 0 radical (unpaired) electrons. The number of methoxy groups -OCH3 is 1. The smallest absolute Gasteiger partial charge is 0.230 e. The number of ether oxygens (including phenoxy) is 1. The number of furan rings is 1. The highest BCUT2D eigenvalue weighted by Crippen LogP contribution is 2.25. The molecule has 1 aliphatic rings. The Labute approximate surface area is 186 Å². The summed E-state index contributed by atoms with van der Waals surface area (Å²) in [6, 6.07) is 11.7. The van der Waals surface area contributed by atoms with E-state index in [4.69, 9.17) is 9.15 Å². The van der Waals surface area contributed by atoms with Gasteiger partial charge in [-0.1, -0.05) is 23.9 Å². The van der Waals surface area contributed by atoms with Crippen LogP contribution in [0.1, 0.15) is 24.2 Å². The average Bonchev–Trinajstić information content (AvgIpc) is 3.56. The average molecular weight is 442 g/mol. The molecule has 1 fully saturated rings. The minimum atomic E-state index is -0.0196. The van der Waals surface area contributed by atoms with Crippen LogP contribution in [0.25, 0.3) is 0 Å². The number of carbonyl (C=O) groups is 1. The van der Waals surface area contributed by atoms with E-state index in [1.54, 1.807) is 13.4 Å². The first-order valence-electron chi connectivity index (χ1n) is 10.5. The lowest BCUT2D eigenvalue weighted by molar-refractivity contribution is -0.118. The lowest BCUT2D eigenvalue weighted by atomic mass is 10.1. The highest BCUT2D eigenvalue weighted by atomic mass is 32.2. The number of thioether (sulfide) groups is 1. The third-order valence-electron chi connectivity index (χ3n) is 5.21. The maximum absolute atomic E-state index is 12.4. The van der Waals surface area contributed by atoms with Crippen LogP contribution in [0.2, 0.25) is 0 Å². The SMILES string of the molecule is COc1ccc(CCNC(=O)CSc2nnc(N3CCCC3)n2Cc2ccco2)cc1. The number of hydrogen-bond donors (Lipinski definition) is 1. The Kier molecular flexibility index (Phi) is 7.14. The predicted molar refractivity (Wildman–Crippen MR) is 120 cm³/mol. The zero-order valence-corrected chi connectivity index (χ0v) is 18.4. The first kappa shape index (κ1) is 21.3. The van der Waals surface area contributed by atoms with Gasteiger partial charge in [-0.05, 0) is 49.1 Å². The molecule has 1 N–H and O–H groups in total. The predicted octanol–water partition coefficient (Wildman–Crippen LogP) is 2.98. The summed E-state index contributed by atoms with van der Waals surface area (Å²) in [5.74, 6) is 2.78. The van der Waals surface area contributed by atoms with Crippen molar-refractivity contribution < 1.29 is 13.9 Å². The molecule has 0 spiro atoms. The van der Waals surface area contributed by atoms with Crippen LogP contribution in [0.3, 0.4) is 0 Å². The number of carbonyl (C=O) groups excluding carboxylic acids is 1. The number of nitrogens with one attached hydrogen (secondary N) is 1. The zero-order valence-electron chi connectivity index (χ0n) is 17.6. The summed E-state index contributed by atoms with van der Waals surface area (Å²) in [5.41, 5.74) is 1.15. The first-order valence-corrected chi connectivity index (χ1v) is 11.4. The maximum atomic E-state index is 12.4. The van der Waals surface area contributed by atoms with Gasteiger partial charge in [0.25, 0.3) is 0 Å². The van der Waals surface area contributed by atoms with Gasteiger partial charge in [0.1, 0.15) is 11.5 Å². The molecule has 31 heavy (non-hydrogen) atoms. The summed E-state index contributed by atoms with van der Waals surface area (Å²) in [4.78, 5) is 14.6. The second kappa shape index (κ2) is 10.4. The van der Waals surface area contributed by atoms with Crippen molar-refractivity contribution in [1.29, 1.82) is 0 Å². The van der Waals surface area contributed by atoms with Gasteiger partial charge in [-0.3, -0.25) is 9.36 Å². The van der Waals surface area contributed by atoms with E-state index in [-0.39, 0.29) is 5.91 Å². The standard InChI is InChI=1S/C22H27N5O3S/c1-29-18-8-6-17(7-9-18)10-11-23-20(28)16-31-22-25-24-21(26-12-2-3-13-26)27(22)15-19-5-4-14-30-19/h4-9,14H,2-3,10-13,15-16H2,1H3,(H,23,28). The molecular formula is C22H27N5O3S. The van der Waals surface area contributed by atoms with Crippen LogP contribution in [0.5, 0.6) is 5.75 Å². The Balaban J connectivity index is 1.32. The molecule has 2 aromatic heterocycles. The fourth-order valence-corrected chi connectivity index (χ4v) is 4.32. The molecule has 0 saturated carbocycles. The number of nitrogens with zero attached hydrogens (tertiary/aromatic N) is 4. The van der Waals surface area contributed by atoms with Crippen LogP contribution in [-0.4, -0.2) is 53.2 Å². The van der Waals surface area contributed by atoms with Crippen molar-refractivity contribution in [2.75, 3.05) is 37.4 Å². The molecule has 1 aromatic carbocycles.